The molecule has 0 aliphatic carbocycles. The summed E-state index contributed by atoms with van der Waals surface area (Å²) >= 11 is 0. The number of benzene rings is 2. The molecule has 7 heteroatoms. The molecule has 7 nitrogen and oxygen atoms in total. The normalized spacial score (nSPS) is 11.9. The zero-order chi connectivity index (χ0) is 19.5. The molecule has 1 amide bonds. The lowest BCUT2D eigenvalue weighted by molar-refractivity contribution is 0.102. The predicted octanol–water partition coefficient (Wildman–Crippen LogP) is 3.69. The molecule has 4 rings (SSSR count). The Morgan fingerprint density at radius 3 is 2.61 bits per heavy atom. The Hall–Kier alpha value is -3.61. The Morgan fingerprint density at radius 1 is 1.00 bits per heavy atom. The van der Waals surface area contributed by atoms with Gasteiger partial charge in [-0.15, -0.1) is 0 Å². The lowest BCUT2D eigenvalue weighted by Crippen LogP contribution is -2.15. The number of nitrogens with one attached hydrogen (secondary N) is 2. The molecule has 1 aliphatic rings. The molecule has 2 aromatic carbocycles. The van der Waals surface area contributed by atoms with Gasteiger partial charge < -0.3 is 20.1 Å². The maximum absolute atomic E-state index is 12.6. The minimum absolute atomic E-state index is 0.188. The molecule has 0 unspecified atom stereocenters. The monoisotopic (exact) mass is 376 g/mol. The molecule has 0 atom stereocenters. The van der Waals surface area contributed by atoms with Gasteiger partial charge in [-0.3, -0.25) is 4.79 Å². The first kappa shape index (κ1) is 17.8. The molecule has 0 saturated carbocycles. The van der Waals surface area contributed by atoms with Gasteiger partial charge in [0.15, 0.2) is 11.5 Å². The number of aryl methyl sites for hydroxylation is 2. The maximum Gasteiger partial charge on any atom is 0.274 e. The summed E-state index contributed by atoms with van der Waals surface area (Å²) in [5, 5.41) is 6.08. The van der Waals surface area contributed by atoms with E-state index < -0.39 is 0 Å². The van der Waals surface area contributed by atoms with Gasteiger partial charge in [-0.05, 0) is 31.5 Å². The standard InChI is InChI=1S/C21H20N4O3/c1-13-3-5-15(6-4-13)11-22-20-10-17(23-14(2)24-20)21(26)25-16-7-8-18-19(9-16)28-12-27-18/h3-10H,11-12H2,1-2H3,(H,25,26)(H,22,23,24). The number of aromatic nitrogens is 2. The van der Waals surface area contributed by atoms with Crippen molar-refractivity contribution in [3.05, 3.63) is 71.2 Å². The van der Waals surface area contributed by atoms with Crippen LogP contribution in [0.25, 0.3) is 0 Å². The Kier molecular flexibility index (Phi) is 4.80. The van der Waals surface area contributed by atoms with Crippen LogP contribution < -0.4 is 20.1 Å². The molecule has 142 valence electrons. The molecule has 0 spiro atoms. The number of carbonyl (C=O) groups excluding carboxylic acids is 1. The van der Waals surface area contributed by atoms with Crippen LogP contribution in [-0.2, 0) is 6.54 Å². The van der Waals surface area contributed by atoms with E-state index in [9.17, 15) is 4.79 Å². The summed E-state index contributed by atoms with van der Waals surface area (Å²) in [5.74, 6) is 2.08. The van der Waals surface area contributed by atoms with E-state index in [2.05, 4.69) is 51.8 Å². The molecule has 2 N–H and O–H groups in total. The summed E-state index contributed by atoms with van der Waals surface area (Å²) in [5.41, 5.74) is 3.24. The van der Waals surface area contributed by atoms with Crippen LogP contribution in [0.1, 0.15) is 27.4 Å². The van der Waals surface area contributed by atoms with E-state index in [1.807, 2.05) is 0 Å². The minimum Gasteiger partial charge on any atom is -0.454 e. The van der Waals surface area contributed by atoms with Gasteiger partial charge in [0.25, 0.3) is 5.91 Å². The van der Waals surface area contributed by atoms with Gasteiger partial charge in [-0.2, -0.15) is 0 Å². The van der Waals surface area contributed by atoms with Crippen LogP contribution >= 0.6 is 0 Å². The Balaban J connectivity index is 1.46. The van der Waals surface area contributed by atoms with E-state index >= 15 is 0 Å². The quantitative estimate of drug-likeness (QED) is 0.706. The summed E-state index contributed by atoms with van der Waals surface area (Å²) in [6.45, 7) is 4.61. The van der Waals surface area contributed by atoms with Gasteiger partial charge in [0.2, 0.25) is 6.79 Å². The Morgan fingerprint density at radius 2 is 1.79 bits per heavy atom. The molecule has 0 saturated heterocycles. The molecule has 2 heterocycles. The fourth-order valence-corrected chi connectivity index (χ4v) is 2.84. The van der Waals surface area contributed by atoms with Crippen molar-refractivity contribution in [2.45, 2.75) is 20.4 Å². The van der Waals surface area contributed by atoms with Gasteiger partial charge in [0, 0.05) is 24.4 Å². The number of amides is 1. The first-order valence-corrected chi connectivity index (χ1v) is 8.93. The first-order chi connectivity index (χ1) is 13.6. The van der Waals surface area contributed by atoms with Crippen molar-refractivity contribution in [1.82, 2.24) is 9.97 Å². The van der Waals surface area contributed by atoms with Gasteiger partial charge in [-0.1, -0.05) is 29.8 Å². The summed E-state index contributed by atoms with van der Waals surface area (Å²) in [4.78, 5) is 21.2. The third-order valence-corrected chi connectivity index (χ3v) is 4.30. The highest BCUT2D eigenvalue weighted by Gasteiger charge is 2.16. The number of ether oxygens (including phenoxy) is 2. The van der Waals surface area contributed by atoms with Crippen LogP contribution in [0, 0.1) is 13.8 Å². The van der Waals surface area contributed by atoms with Crippen molar-refractivity contribution in [3.8, 4) is 11.5 Å². The average molecular weight is 376 g/mol. The van der Waals surface area contributed by atoms with Crippen molar-refractivity contribution in [3.63, 3.8) is 0 Å². The number of nitrogens with zero attached hydrogens (tertiary/aromatic N) is 2. The SMILES string of the molecule is Cc1ccc(CNc2cc(C(=O)Nc3ccc4c(c3)OCO4)nc(C)n2)cc1. The van der Waals surface area contributed by atoms with E-state index in [0.717, 1.165) is 5.56 Å². The molecule has 28 heavy (non-hydrogen) atoms. The second-order valence-corrected chi connectivity index (χ2v) is 6.55. The molecule has 0 radical (unpaired) electrons. The molecule has 1 aromatic heterocycles. The average Bonchev–Trinajstić information content (AvgIpc) is 3.15. The van der Waals surface area contributed by atoms with E-state index in [1.165, 1.54) is 5.56 Å². The summed E-state index contributed by atoms with van der Waals surface area (Å²) in [7, 11) is 0. The summed E-state index contributed by atoms with van der Waals surface area (Å²) < 4.78 is 10.6. The molecule has 1 aliphatic heterocycles. The minimum atomic E-state index is -0.317. The number of anilines is 2. The molecule has 0 bridgehead atoms. The third kappa shape index (κ3) is 4.03. The number of fused-ring (bicyclic) bond motifs is 1. The van der Waals surface area contributed by atoms with Gasteiger partial charge >= 0.3 is 0 Å². The van der Waals surface area contributed by atoms with Crippen molar-refractivity contribution in [2.75, 3.05) is 17.4 Å². The lowest BCUT2D eigenvalue weighted by atomic mass is 10.1. The smallest absolute Gasteiger partial charge is 0.274 e. The van der Waals surface area contributed by atoms with Crippen molar-refractivity contribution in [2.24, 2.45) is 0 Å². The van der Waals surface area contributed by atoms with Crippen molar-refractivity contribution < 1.29 is 14.3 Å². The van der Waals surface area contributed by atoms with E-state index in [4.69, 9.17) is 9.47 Å². The zero-order valence-corrected chi connectivity index (χ0v) is 15.7. The number of carbonyl (C=O) groups is 1. The lowest BCUT2D eigenvalue weighted by Gasteiger charge is -2.10. The second kappa shape index (κ2) is 7.56. The largest absolute Gasteiger partial charge is 0.454 e. The topological polar surface area (TPSA) is 85.4 Å². The second-order valence-electron chi connectivity index (χ2n) is 6.55. The van der Waals surface area contributed by atoms with Crippen LogP contribution in [0.2, 0.25) is 0 Å². The summed E-state index contributed by atoms with van der Waals surface area (Å²) in [6.07, 6.45) is 0. The molecular weight excluding hydrogens is 356 g/mol. The number of hydrogen-bond acceptors (Lipinski definition) is 6. The highest BCUT2D eigenvalue weighted by atomic mass is 16.7. The zero-order valence-electron chi connectivity index (χ0n) is 15.7. The van der Waals surface area contributed by atoms with E-state index in [-0.39, 0.29) is 18.4 Å². The van der Waals surface area contributed by atoms with Crippen molar-refractivity contribution in [1.29, 1.82) is 0 Å². The van der Waals surface area contributed by atoms with Crippen LogP contribution in [0.4, 0.5) is 11.5 Å². The Bertz CT molecular complexity index is 1020. The summed E-state index contributed by atoms with van der Waals surface area (Å²) in [6, 6.07) is 15.1. The van der Waals surface area contributed by atoms with Crippen LogP contribution in [0.5, 0.6) is 11.5 Å². The van der Waals surface area contributed by atoms with E-state index in [1.54, 1.807) is 31.2 Å². The number of hydrogen-bond donors (Lipinski definition) is 2. The molecule has 3 aromatic rings. The highest BCUT2D eigenvalue weighted by molar-refractivity contribution is 6.03. The predicted molar refractivity (Wildman–Crippen MR) is 106 cm³/mol. The fraction of sp³-hybridized carbons (Fsp3) is 0.190. The van der Waals surface area contributed by atoms with Gasteiger partial charge in [0.05, 0.1) is 0 Å². The highest BCUT2D eigenvalue weighted by Crippen LogP contribution is 2.34. The van der Waals surface area contributed by atoms with Gasteiger partial charge in [0.1, 0.15) is 17.3 Å². The molecule has 0 fully saturated rings. The fourth-order valence-electron chi connectivity index (χ4n) is 2.84. The molecular formula is C21H20N4O3. The van der Waals surface area contributed by atoms with E-state index in [0.29, 0.717) is 35.4 Å². The van der Waals surface area contributed by atoms with Crippen LogP contribution in [-0.4, -0.2) is 22.7 Å². The van der Waals surface area contributed by atoms with Crippen LogP contribution in [0.15, 0.2) is 48.5 Å². The maximum atomic E-state index is 12.6. The third-order valence-electron chi connectivity index (χ3n) is 4.30. The first-order valence-electron chi connectivity index (χ1n) is 8.93. The Labute approximate surface area is 162 Å². The number of rotatable bonds is 5. The van der Waals surface area contributed by atoms with Gasteiger partial charge in [-0.25, -0.2) is 9.97 Å². The van der Waals surface area contributed by atoms with Crippen LogP contribution in [0.3, 0.4) is 0 Å². The van der Waals surface area contributed by atoms with Crippen molar-refractivity contribution >= 4 is 17.4 Å².